The van der Waals surface area contributed by atoms with Crippen molar-refractivity contribution in [2.24, 2.45) is 0 Å². The Morgan fingerprint density at radius 1 is 1.07 bits per heavy atom. The number of nitrogens with zero attached hydrogens (tertiary/aromatic N) is 1. The zero-order valence-electron chi connectivity index (χ0n) is 15.1. The maximum Gasteiger partial charge on any atom is 0.321 e. The van der Waals surface area contributed by atoms with Gasteiger partial charge in [0, 0.05) is 0 Å². The third-order valence-electron chi connectivity index (χ3n) is 3.51. The molecule has 0 heterocycles. The van der Waals surface area contributed by atoms with Crippen molar-refractivity contribution in [2.75, 3.05) is 19.8 Å². The van der Waals surface area contributed by atoms with E-state index in [1.807, 2.05) is 38.1 Å². The highest BCUT2D eigenvalue weighted by Crippen LogP contribution is 2.16. The topological polar surface area (TPSA) is 105 Å². The predicted molar refractivity (Wildman–Crippen MR) is 98.7 cm³/mol. The number of sulfonamides is 1. The van der Waals surface area contributed by atoms with Crippen LogP contribution in [0.3, 0.4) is 0 Å². The molecule has 2 aromatic carbocycles. The number of esters is 1. The zero-order valence-corrected chi connectivity index (χ0v) is 15.9. The van der Waals surface area contributed by atoms with Gasteiger partial charge in [0.15, 0.2) is 0 Å². The number of carbonyl (C=O) groups is 1. The van der Waals surface area contributed by atoms with Crippen molar-refractivity contribution in [3.63, 3.8) is 0 Å². The third kappa shape index (κ3) is 6.40. The summed E-state index contributed by atoms with van der Waals surface area (Å²) in [5.41, 5.74) is 2.48. The van der Waals surface area contributed by atoms with Gasteiger partial charge in [-0.2, -0.15) is 9.98 Å². The van der Waals surface area contributed by atoms with Crippen LogP contribution in [0.4, 0.5) is 0 Å². The van der Waals surface area contributed by atoms with Crippen LogP contribution in [-0.4, -0.2) is 34.1 Å². The number of hydrogen-bond donors (Lipinski definition) is 1. The average molecular weight is 388 g/mol. The van der Waals surface area contributed by atoms with Crippen LogP contribution in [0.15, 0.2) is 47.4 Å². The quantitative estimate of drug-likeness (QED) is 0.548. The van der Waals surface area contributed by atoms with Crippen LogP contribution in [0, 0.1) is 25.2 Å². The van der Waals surface area contributed by atoms with Crippen molar-refractivity contribution in [3.05, 3.63) is 59.2 Å². The van der Waals surface area contributed by atoms with Gasteiger partial charge in [-0.15, -0.1) is 0 Å². The second kappa shape index (κ2) is 9.16. The molecule has 2 aromatic rings. The first-order valence-electron chi connectivity index (χ1n) is 8.17. The number of benzene rings is 2. The van der Waals surface area contributed by atoms with Gasteiger partial charge in [-0.25, -0.2) is 8.42 Å². The van der Waals surface area contributed by atoms with Gasteiger partial charge in [0.2, 0.25) is 10.0 Å². The van der Waals surface area contributed by atoms with Crippen LogP contribution < -0.4 is 9.46 Å². The number of carbonyl (C=O) groups excluding carboxylic acids is 1. The lowest BCUT2D eigenvalue weighted by Gasteiger charge is -2.10. The first-order chi connectivity index (χ1) is 12.8. The number of hydrogen-bond acceptors (Lipinski definition) is 6. The van der Waals surface area contributed by atoms with Gasteiger partial charge in [-0.05, 0) is 61.4 Å². The van der Waals surface area contributed by atoms with E-state index >= 15 is 0 Å². The SMILES string of the molecule is Cc1cc(C)cc(OCCOC(=O)CNS(=O)(=O)c2ccc(C#N)cc2)c1. The van der Waals surface area contributed by atoms with Crippen LogP contribution in [0.25, 0.3) is 0 Å². The van der Waals surface area contributed by atoms with E-state index in [9.17, 15) is 13.2 Å². The van der Waals surface area contributed by atoms with Gasteiger partial charge in [-0.3, -0.25) is 4.79 Å². The molecule has 1 N–H and O–H groups in total. The van der Waals surface area contributed by atoms with E-state index < -0.39 is 22.5 Å². The van der Waals surface area contributed by atoms with Crippen LogP contribution in [0.1, 0.15) is 16.7 Å². The van der Waals surface area contributed by atoms with Crippen LogP contribution in [-0.2, 0) is 19.6 Å². The number of rotatable bonds is 8. The van der Waals surface area contributed by atoms with Crippen molar-refractivity contribution in [2.45, 2.75) is 18.7 Å². The smallest absolute Gasteiger partial charge is 0.321 e. The molecule has 0 atom stereocenters. The molecule has 0 radical (unpaired) electrons. The van der Waals surface area contributed by atoms with E-state index in [1.165, 1.54) is 24.3 Å². The fraction of sp³-hybridized carbons (Fsp3) is 0.263. The van der Waals surface area contributed by atoms with E-state index in [1.54, 1.807) is 0 Å². The monoisotopic (exact) mass is 388 g/mol. The molecule has 0 aliphatic carbocycles. The molecule has 0 unspecified atom stereocenters. The van der Waals surface area contributed by atoms with Crippen molar-refractivity contribution in [1.29, 1.82) is 5.26 Å². The van der Waals surface area contributed by atoms with Gasteiger partial charge in [0.05, 0.1) is 16.5 Å². The zero-order chi connectivity index (χ0) is 19.9. The normalized spacial score (nSPS) is 10.9. The van der Waals surface area contributed by atoms with E-state index in [-0.39, 0.29) is 18.1 Å². The highest BCUT2D eigenvalue weighted by molar-refractivity contribution is 7.89. The minimum absolute atomic E-state index is 0.00438. The van der Waals surface area contributed by atoms with Crippen molar-refractivity contribution in [3.8, 4) is 11.8 Å². The molecule has 0 saturated carbocycles. The molecule has 0 aromatic heterocycles. The van der Waals surface area contributed by atoms with Crippen molar-refractivity contribution < 1.29 is 22.7 Å². The minimum atomic E-state index is -3.85. The summed E-state index contributed by atoms with van der Waals surface area (Å²) < 4.78 is 36.8. The fourth-order valence-corrected chi connectivity index (χ4v) is 3.30. The molecular formula is C19H20N2O5S. The summed E-state index contributed by atoms with van der Waals surface area (Å²) in [4.78, 5) is 11.7. The molecule has 0 fully saturated rings. The van der Waals surface area contributed by atoms with Crippen LogP contribution in [0.2, 0.25) is 0 Å². The first-order valence-corrected chi connectivity index (χ1v) is 9.65. The molecule has 2 rings (SSSR count). The molecule has 8 heteroatoms. The Balaban J connectivity index is 1.76. The third-order valence-corrected chi connectivity index (χ3v) is 4.93. The summed E-state index contributed by atoms with van der Waals surface area (Å²) in [6, 6.07) is 13.0. The Kier molecular flexibility index (Phi) is 6.93. The second-order valence-electron chi connectivity index (χ2n) is 5.85. The molecule has 7 nitrogen and oxygen atoms in total. The first kappa shape index (κ1) is 20.4. The highest BCUT2D eigenvalue weighted by Gasteiger charge is 2.16. The van der Waals surface area contributed by atoms with E-state index in [0.717, 1.165) is 11.1 Å². The minimum Gasteiger partial charge on any atom is -0.490 e. The Bertz CT molecular complexity index is 927. The Morgan fingerprint density at radius 2 is 1.70 bits per heavy atom. The molecule has 142 valence electrons. The maximum absolute atomic E-state index is 12.1. The van der Waals surface area contributed by atoms with Crippen molar-refractivity contribution in [1.82, 2.24) is 4.72 Å². The summed E-state index contributed by atoms with van der Waals surface area (Å²) >= 11 is 0. The summed E-state index contributed by atoms with van der Waals surface area (Å²) in [5.74, 6) is -0.0266. The second-order valence-corrected chi connectivity index (χ2v) is 7.62. The molecular weight excluding hydrogens is 368 g/mol. The molecule has 27 heavy (non-hydrogen) atoms. The van der Waals surface area contributed by atoms with Gasteiger partial charge >= 0.3 is 5.97 Å². The van der Waals surface area contributed by atoms with E-state index in [2.05, 4.69) is 4.72 Å². The van der Waals surface area contributed by atoms with E-state index in [0.29, 0.717) is 11.3 Å². The lowest BCUT2D eigenvalue weighted by molar-refractivity contribution is -0.142. The number of ether oxygens (including phenoxy) is 2. The lowest BCUT2D eigenvalue weighted by Crippen LogP contribution is -2.31. The maximum atomic E-state index is 12.1. The molecule has 0 saturated heterocycles. The van der Waals surface area contributed by atoms with Crippen LogP contribution in [0.5, 0.6) is 5.75 Å². The summed E-state index contributed by atoms with van der Waals surface area (Å²) in [5, 5.41) is 8.72. The Hall–Kier alpha value is -2.89. The molecule has 0 bridgehead atoms. The molecule has 0 aliphatic heterocycles. The number of nitriles is 1. The Labute approximate surface area is 158 Å². The van der Waals surface area contributed by atoms with Crippen LogP contribution >= 0.6 is 0 Å². The number of nitrogens with one attached hydrogen (secondary N) is 1. The van der Waals surface area contributed by atoms with Crippen molar-refractivity contribution >= 4 is 16.0 Å². The van der Waals surface area contributed by atoms with Gasteiger partial charge in [0.1, 0.15) is 25.5 Å². The molecule has 0 amide bonds. The van der Waals surface area contributed by atoms with E-state index in [4.69, 9.17) is 14.7 Å². The Morgan fingerprint density at radius 3 is 2.30 bits per heavy atom. The largest absolute Gasteiger partial charge is 0.490 e. The molecule has 0 aliphatic rings. The summed E-state index contributed by atoms with van der Waals surface area (Å²) in [7, 11) is -3.85. The summed E-state index contributed by atoms with van der Waals surface area (Å²) in [6.07, 6.45) is 0. The summed E-state index contributed by atoms with van der Waals surface area (Å²) in [6.45, 7) is 3.59. The predicted octanol–water partition coefficient (Wildman–Crippen LogP) is 2.08. The molecule has 0 spiro atoms. The number of aryl methyl sites for hydroxylation is 2. The average Bonchev–Trinajstić information content (AvgIpc) is 2.63. The van der Waals surface area contributed by atoms with Gasteiger partial charge < -0.3 is 9.47 Å². The lowest BCUT2D eigenvalue weighted by atomic mass is 10.1. The standard InChI is InChI=1S/C19H20N2O5S/c1-14-9-15(2)11-17(10-14)25-7-8-26-19(22)13-21-27(23,24)18-5-3-16(12-20)4-6-18/h3-6,9-11,21H,7-8,13H2,1-2H3. The van der Waals surface area contributed by atoms with Gasteiger partial charge in [0.25, 0.3) is 0 Å². The van der Waals surface area contributed by atoms with Gasteiger partial charge in [-0.1, -0.05) is 6.07 Å². The fourth-order valence-electron chi connectivity index (χ4n) is 2.33. The highest BCUT2D eigenvalue weighted by atomic mass is 32.2.